The Kier molecular flexibility index (Phi) is 3.79. The third kappa shape index (κ3) is 3.08. The third-order valence-corrected chi connectivity index (χ3v) is 3.02. The molecule has 1 N–H and O–H groups in total. The van der Waals surface area contributed by atoms with Crippen LogP contribution in [0.1, 0.15) is 29.9 Å². The van der Waals surface area contributed by atoms with Crippen LogP contribution in [0.4, 0.5) is 14.5 Å². The fourth-order valence-electron chi connectivity index (χ4n) is 2.00. The number of hydrogen-bond acceptors (Lipinski definition) is 2. The zero-order chi connectivity index (χ0) is 14.0. The summed E-state index contributed by atoms with van der Waals surface area (Å²) in [6.45, 7) is 5.58. The summed E-state index contributed by atoms with van der Waals surface area (Å²) in [6, 6.07) is 6.91. The molecule has 0 bridgehead atoms. The van der Waals surface area contributed by atoms with Gasteiger partial charge in [-0.15, -0.1) is 0 Å². The molecule has 19 heavy (non-hydrogen) atoms. The van der Waals surface area contributed by atoms with Crippen LogP contribution in [0, 0.1) is 25.5 Å². The molecule has 0 saturated heterocycles. The number of pyridine rings is 1. The van der Waals surface area contributed by atoms with Gasteiger partial charge in [-0.25, -0.2) is 8.78 Å². The van der Waals surface area contributed by atoms with Gasteiger partial charge >= 0.3 is 0 Å². The van der Waals surface area contributed by atoms with E-state index >= 15 is 0 Å². The average molecular weight is 262 g/mol. The Morgan fingerprint density at radius 3 is 2.53 bits per heavy atom. The first-order valence-corrected chi connectivity index (χ1v) is 6.13. The maximum Gasteiger partial charge on any atom is 0.128 e. The molecule has 1 atom stereocenters. The highest BCUT2D eigenvalue weighted by Gasteiger charge is 2.13. The van der Waals surface area contributed by atoms with Crippen molar-refractivity contribution in [3.05, 3.63) is 58.9 Å². The number of aromatic nitrogens is 1. The second-order valence-corrected chi connectivity index (χ2v) is 4.62. The van der Waals surface area contributed by atoms with Gasteiger partial charge in [-0.1, -0.05) is 0 Å². The molecule has 0 fully saturated rings. The molecule has 1 heterocycles. The largest absolute Gasteiger partial charge is 0.377 e. The number of rotatable bonds is 3. The van der Waals surface area contributed by atoms with Crippen LogP contribution in [0.15, 0.2) is 30.3 Å². The fourth-order valence-corrected chi connectivity index (χ4v) is 2.00. The van der Waals surface area contributed by atoms with Crippen molar-refractivity contribution in [2.75, 3.05) is 5.32 Å². The summed E-state index contributed by atoms with van der Waals surface area (Å²) in [7, 11) is 0. The number of aryl methyl sites for hydroxylation is 2. The Morgan fingerprint density at radius 1 is 1.11 bits per heavy atom. The van der Waals surface area contributed by atoms with Gasteiger partial charge in [0.15, 0.2) is 0 Å². The maximum absolute atomic E-state index is 13.7. The molecule has 2 aromatic rings. The van der Waals surface area contributed by atoms with Crippen LogP contribution in [0.3, 0.4) is 0 Å². The van der Waals surface area contributed by atoms with Gasteiger partial charge in [-0.05, 0) is 51.1 Å². The summed E-state index contributed by atoms with van der Waals surface area (Å²) in [5.41, 5.74) is 2.89. The van der Waals surface area contributed by atoms with Gasteiger partial charge in [0.1, 0.15) is 11.6 Å². The molecule has 4 heteroatoms. The van der Waals surface area contributed by atoms with E-state index in [9.17, 15) is 8.78 Å². The molecule has 100 valence electrons. The molecule has 2 nitrogen and oxygen atoms in total. The van der Waals surface area contributed by atoms with Crippen LogP contribution in [-0.2, 0) is 0 Å². The Morgan fingerprint density at radius 2 is 1.84 bits per heavy atom. The Labute approximate surface area is 111 Å². The second-order valence-electron chi connectivity index (χ2n) is 4.62. The predicted molar refractivity (Wildman–Crippen MR) is 72.1 cm³/mol. The van der Waals surface area contributed by atoms with Crippen molar-refractivity contribution in [3.63, 3.8) is 0 Å². The predicted octanol–water partition coefficient (Wildman–Crippen LogP) is 4.15. The van der Waals surface area contributed by atoms with Crippen LogP contribution in [0.5, 0.6) is 0 Å². The van der Waals surface area contributed by atoms with Crippen LogP contribution in [-0.4, -0.2) is 4.98 Å². The molecule has 0 aliphatic carbocycles. The van der Waals surface area contributed by atoms with E-state index < -0.39 is 11.6 Å². The van der Waals surface area contributed by atoms with E-state index in [-0.39, 0.29) is 6.04 Å². The summed E-state index contributed by atoms with van der Waals surface area (Å²) in [5, 5.41) is 3.15. The van der Waals surface area contributed by atoms with Gasteiger partial charge in [-0.3, -0.25) is 4.98 Å². The summed E-state index contributed by atoms with van der Waals surface area (Å²) in [6.07, 6.45) is 0. The van der Waals surface area contributed by atoms with Crippen molar-refractivity contribution >= 4 is 5.69 Å². The van der Waals surface area contributed by atoms with Gasteiger partial charge in [0.2, 0.25) is 0 Å². The van der Waals surface area contributed by atoms with E-state index in [0.717, 1.165) is 29.2 Å². The third-order valence-electron chi connectivity index (χ3n) is 3.02. The molecule has 0 radical (unpaired) electrons. The number of benzene rings is 1. The first kappa shape index (κ1) is 13.5. The smallest absolute Gasteiger partial charge is 0.128 e. The molecule has 1 aromatic carbocycles. The van der Waals surface area contributed by atoms with Crippen molar-refractivity contribution in [1.29, 1.82) is 0 Å². The van der Waals surface area contributed by atoms with Gasteiger partial charge in [-0.2, -0.15) is 0 Å². The quantitative estimate of drug-likeness (QED) is 0.898. The first-order chi connectivity index (χ1) is 8.97. The Hall–Kier alpha value is -1.97. The molecule has 2 rings (SSSR count). The van der Waals surface area contributed by atoms with Gasteiger partial charge in [0.25, 0.3) is 0 Å². The Bertz CT molecular complexity index is 597. The van der Waals surface area contributed by atoms with Crippen LogP contribution in [0.2, 0.25) is 0 Å². The maximum atomic E-state index is 13.7. The minimum Gasteiger partial charge on any atom is -0.377 e. The second kappa shape index (κ2) is 5.34. The Balaban J connectivity index is 2.25. The van der Waals surface area contributed by atoms with Crippen molar-refractivity contribution in [2.45, 2.75) is 26.8 Å². The summed E-state index contributed by atoms with van der Waals surface area (Å²) < 4.78 is 26.8. The molecule has 0 spiro atoms. The van der Waals surface area contributed by atoms with Crippen molar-refractivity contribution in [3.8, 4) is 0 Å². The molecular weight excluding hydrogens is 246 g/mol. The van der Waals surface area contributed by atoms with E-state index in [4.69, 9.17) is 0 Å². The fraction of sp³-hybridized carbons (Fsp3) is 0.267. The first-order valence-electron chi connectivity index (χ1n) is 6.13. The van der Waals surface area contributed by atoms with Gasteiger partial charge < -0.3 is 5.32 Å². The molecule has 1 unspecified atom stereocenters. The lowest BCUT2D eigenvalue weighted by Gasteiger charge is -2.18. The molecule has 0 aliphatic rings. The summed E-state index contributed by atoms with van der Waals surface area (Å²) in [4.78, 5) is 4.33. The highest BCUT2D eigenvalue weighted by molar-refractivity contribution is 5.49. The highest BCUT2D eigenvalue weighted by atomic mass is 19.1. The van der Waals surface area contributed by atoms with E-state index in [1.165, 1.54) is 6.07 Å². The van der Waals surface area contributed by atoms with Crippen LogP contribution >= 0.6 is 0 Å². The van der Waals surface area contributed by atoms with Crippen molar-refractivity contribution < 1.29 is 8.78 Å². The van der Waals surface area contributed by atoms with E-state index in [1.54, 1.807) is 6.92 Å². The lowest BCUT2D eigenvalue weighted by molar-refractivity contribution is 0.577. The minimum absolute atomic E-state index is 0.306. The number of hydrogen-bond donors (Lipinski definition) is 1. The molecule has 0 amide bonds. The molecular formula is C15H16F2N2. The number of nitrogens with one attached hydrogen (secondary N) is 1. The molecule has 1 aromatic heterocycles. The lowest BCUT2D eigenvalue weighted by Crippen LogP contribution is -2.10. The summed E-state index contributed by atoms with van der Waals surface area (Å²) >= 11 is 0. The highest BCUT2D eigenvalue weighted by Crippen LogP contribution is 2.24. The van der Waals surface area contributed by atoms with Gasteiger partial charge in [0.05, 0.1) is 17.4 Å². The average Bonchev–Trinajstić information content (AvgIpc) is 2.35. The normalized spacial score (nSPS) is 12.3. The van der Waals surface area contributed by atoms with Crippen LogP contribution < -0.4 is 5.32 Å². The van der Waals surface area contributed by atoms with Gasteiger partial charge in [0, 0.05) is 11.3 Å². The van der Waals surface area contributed by atoms with Crippen molar-refractivity contribution in [2.24, 2.45) is 0 Å². The monoisotopic (exact) mass is 262 g/mol. The van der Waals surface area contributed by atoms with Crippen molar-refractivity contribution in [1.82, 2.24) is 4.98 Å². The number of nitrogens with zero attached hydrogens (tertiary/aromatic N) is 1. The zero-order valence-corrected chi connectivity index (χ0v) is 11.2. The molecule has 0 saturated carbocycles. The SMILES string of the molecule is Cc1ccc(NC(C)c2cc(F)ccc2F)c(C)n1. The standard InChI is InChI=1S/C15H16F2N2/c1-9-4-7-15(11(3)18-9)19-10(2)13-8-12(16)5-6-14(13)17/h4-8,10,19H,1-3H3. The zero-order valence-electron chi connectivity index (χ0n) is 11.2. The van der Waals surface area contributed by atoms with Crippen LogP contribution in [0.25, 0.3) is 0 Å². The lowest BCUT2D eigenvalue weighted by atomic mass is 10.1. The minimum atomic E-state index is -0.441. The summed E-state index contributed by atoms with van der Waals surface area (Å²) in [5.74, 6) is -0.858. The number of halogens is 2. The van der Waals surface area contributed by atoms with E-state index in [0.29, 0.717) is 5.56 Å². The topological polar surface area (TPSA) is 24.9 Å². The van der Waals surface area contributed by atoms with E-state index in [1.807, 2.05) is 26.0 Å². The molecule has 0 aliphatic heterocycles. The number of anilines is 1. The van der Waals surface area contributed by atoms with E-state index in [2.05, 4.69) is 10.3 Å².